The zero-order valence-corrected chi connectivity index (χ0v) is 17.3. The van der Waals surface area contributed by atoms with Gasteiger partial charge in [0.2, 0.25) is 11.8 Å². The molecule has 9 nitrogen and oxygen atoms in total. The first-order valence-corrected chi connectivity index (χ1v) is 10.5. The number of halogens is 1. The molecule has 0 saturated carbocycles. The summed E-state index contributed by atoms with van der Waals surface area (Å²) in [5.74, 6) is 0.600. The average Bonchev–Trinajstić information content (AvgIpc) is 3.50. The summed E-state index contributed by atoms with van der Waals surface area (Å²) in [4.78, 5) is 35.0. The Labute approximate surface area is 184 Å². The minimum atomic E-state index is -0.381. The molecular formula is C22H22FN7O2. The number of carbonyl (C=O) groups excluding carboxylic acids is 2. The third-order valence-corrected chi connectivity index (χ3v) is 5.93. The van der Waals surface area contributed by atoms with E-state index in [1.165, 1.54) is 12.1 Å². The van der Waals surface area contributed by atoms with Crippen LogP contribution in [0.3, 0.4) is 0 Å². The largest absolute Gasteiger partial charge is 0.352 e. The summed E-state index contributed by atoms with van der Waals surface area (Å²) in [5.41, 5.74) is 0.620. The molecule has 1 unspecified atom stereocenters. The fraction of sp³-hybridized carbons (Fsp3) is 0.318. The molecule has 0 radical (unpaired) electrons. The highest BCUT2D eigenvalue weighted by Crippen LogP contribution is 2.27. The van der Waals surface area contributed by atoms with Crippen LogP contribution in [0.25, 0.3) is 5.82 Å². The number of carbonyl (C=O) groups is 2. The van der Waals surface area contributed by atoms with Crippen LogP contribution in [0.2, 0.25) is 0 Å². The molecule has 2 saturated heterocycles. The van der Waals surface area contributed by atoms with Crippen molar-refractivity contribution in [3.63, 3.8) is 0 Å². The van der Waals surface area contributed by atoms with Gasteiger partial charge < -0.3 is 14.7 Å². The molecule has 1 atom stereocenters. The summed E-state index contributed by atoms with van der Waals surface area (Å²) < 4.78 is 15.0. The van der Waals surface area contributed by atoms with Gasteiger partial charge in [-0.2, -0.15) is 0 Å². The number of piperazine rings is 1. The van der Waals surface area contributed by atoms with Gasteiger partial charge in [-0.3, -0.25) is 14.2 Å². The number of aromatic nitrogens is 4. The number of rotatable bonds is 4. The predicted octanol–water partition coefficient (Wildman–Crippen LogP) is 1.50. The van der Waals surface area contributed by atoms with Gasteiger partial charge in [-0.25, -0.2) is 9.37 Å². The van der Waals surface area contributed by atoms with Crippen LogP contribution < -0.4 is 9.80 Å². The highest BCUT2D eigenvalue weighted by Gasteiger charge is 2.38. The second-order valence-electron chi connectivity index (χ2n) is 7.91. The first kappa shape index (κ1) is 20.1. The smallest absolute Gasteiger partial charge is 0.228 e. The Bertz CT molecular complexity index is 1090. The van der Waals surface area contributed by atoms with Gasteiger partial charge in [-0.1, -0.05) is 0 Å². The van der Waals surface area contributed by atoms with E-state index in [1.807, 2.05) is 17.0 Å². The van der Waals surface area contributed by atoms with E-state index in [4.69, 9.17) is 0 Å². The molecular weight excluding hydrogens is 413 g/mol. The predicted molar refractivity (Wildman–Crippen MR) is 115 cm³/mol. The highest BCUT2D eigenvalue weighted by molar-refractivity contribution is 6.00. The Morgan fingerprint density at radius 1 is 0.969 bits per heavy atom. The van der Waals surface area contributed by atoms with E-state index in [2.05, 4.69) is 20.1 Å². The van der Waals surface area contributed by atoms with Crippen LogP contribution in [0.5, 0.6) is 0 Å². The maximum Gasteiger partial charge on any atom is 0.228 e. The van der Waals surface area contributed by atoms with Crippen LogP contribution in [0.4, 0.5) is 15.9 Å². The zero-order valence-electron chi connectivity index (χ0n) is 17.3. The van der Waals surface area contributed by atoms with E-state index in [9.17, 15) is 14.0 Å². The van der Waals surface area contributed by atoms with Gasteiger partial charge in [0, 0.05) is 57.2 Å². The van der Waals surface area contributed by atoms with Crippen molar-refractivity contribution >= 4 is 23.3 Å². The lowest BCUT2D eigenvalue weighted by molar-refractivity contribution is -0.136. The van der Waals surface area contributed by atoms with Gasteiger partial charge >= 0.3 is 0 Å². The van der Waals surface area contributed by atoms with E-state index in [1.54, 1.807) is 40.3 Å². The van der Waals surface area contributed by atoms with E-state index >= 15 is 0 Å². The number of imidazole rings is 1. The molecule has 0 aliphatic carbocycles. The molecule has 2 amide bonds. The third kappa shape index (κ3) is 3.91. The monoisotopic (exact) mass is 435 g/mol. The number of hydrogen-bond donors (Lipinski definition) is 0. The van der Waals surface area contributed by atoms with Crippen molar-refractivity contribution in [3.8, 4) is 5.82 Å². The highest BCUT2D eigenvalue weighted by atomic mass is 19.1. The van der Waals surface area contributed by atoms with Gasteiger partial charge in [0.1, 0.15) is 12.1 Å². The number of anilines is 2. The van der Waals surface area contributed by atoms with Crippen molar-refractivity contribution in [2.45, 2.75) is 6.42 Å². The number of nitrogens with zero attached hydrogens (tertiary/aromatic N) is 7. The number of benzene rings is 1. The summed E-state index contributed by atoms with van der Waals surface area (Å²) in [6.45, 7) is 2.74. The molecule has 2 aromatic heterocycles. The molecule has 3 aromatic rings. The second-order valence-corrected chi connectivity index (χ2v) is 7.91. The second kappa shape index (κ2) is 8.37. The van der Waals surface area contributed by atoms with Crippen molar-refractivity contribution in [3.05, 3.63) is 60.9 Å². The van der Waals surface area contributed by atoms with Crippen molar-refractivity contribution < 1.29 is 14.0 Å². The Balaban J connectivity index is 1.18. The molecule has 4 heterocycles. The Morgan fingerprint density at radius 3 is 2.34 bits per heavy atom. The SMILES string of the molecule is O=C(C1CC(=O)N(c2ccc(F)cc2)C1)N1CCN(c2ccc(-n3ccnc3)nn2)CC1. The number of hydrogen-bond acceptors (Lipinski definition) is 6. The van der Waals surface area contributed by atoms with Crippen LogP contribution in [-0.4, -0.2) is 69.2 Å². The van der Waals surface area contributed by atoms with Gasteiger partial charge in [-0.05, 0) is 36.4 Å². The first-order chi connectivity index (χ1) is 15.6. The molecule has 0 spiro atoms. The molecule has 2 aliphatic rings. The van der Waals surface area contributed by atoms with E-state index in [0.717, 1.165) is 5.82 Å². The van der Waals surface area contributed by atoms with Gasteiger partial charge in [-0.15, -0.1) is 10.2 Å². The van der Waals surface area contributed by atoms with Crippen molar-refractivity contribution in [1.82, 2.24) is 24.6 Å². The molecule has 2 fully saturated rings. The Hall–Kier alpha value is -3.82. The van der Waals surface area contributed by atoms with E-state index in [0.29, 0.717) is 44.2 Å². The maximum atomic E-state index is 13.2. The summed E-state index contributed by atoms with van der Waals surface area (Å²) in [6.07, 6.45) is 5.33. The van der Waals surface area contributed by atoms with Crippen molar-refractivity contribution in [1.29, 1.82) is 0 Å². The van der Waals surface area contributed by atoms with Gasteiger partial charge in [0.05, 0.1) is 5.92 Å². The van der Waals surface area contributed by atoms with Crippen LogP contribution in [0.1, 0.15) is 6.42 Å². The molecule has 164 valence electrons. The number of amides is 2. The standard InChI is InChI=1S/C22H22FN7O2/c23-17-1-3-18(4-2-17)30-14-16(13-21(30)31)22(32)28-11-9-27(10-12-28)19-5-6-20(26-25-19)29-8-7-24-15-29/h1-8,15-16H,9-14H2. The van der Waals surface area contributed by atoms with Gasteiger partial charge in [0.15, 0.2) is 11.6 Å². The fourth-order valence-corrected chi connectivity index (χ4v) is 4.18. The minimum Gasteiger partial charge on any atom is -0.352 e. The minimum absolute atomic E-state index is 0.0100. The third-order valence-electron chi connectivity index (χ3n) is 5.93. The van der Waals surface area contributed by atoms with Crippen LogP contribution in [0.15, 0.2) is 55.1 Å². The lowest BCUT2D eigenvalue weighted by Crippen LogP contribution is -2.51. The zero-order chi connectivity index (χ0) is 22.1. The van der Waals surface area contributed by atoms with Gasteiger partial charge in [0.25, 0.3) is 0 Å². The van der Waals surface area contributed by atoms with E-state index in [-0.39, 0.29) is 30.0 Å². The van der Waals surface area contributed by atoms with Crippen LogP contribution >= 0.6 is 0 Å². The lowest BCUT2D eigenvalue weighted by atomic mass is 10.1. The van der Waals surface area contributed by atoms with Crippen LogP contribution in [0, 0.1) is 11.7 Å². The summed E-state index contributed by atoms with van der Waals surface area (Å²) in [6, 6.07) is 9.57. The fourth-order valence-electron chi connectivity index (χ4n) is 4.18. The molecule has 0 bridgehead atoms. The summed E-state index contributed by atoms with van der Waals surface area (Å²) in [7, 11) is 0. The molecule has 1 aromatic carbocycles. The van der Waals surface area contributed by atoms with Crippen molar-refractivity contribution in [2.75, 3.05) is 42.5 Å². The molecule has 0 N–H and O–H groups in total. The first-order valence-electron chi connectivity index (χ1n) is 10.5. The van der Waals surface area contributed by atoms with E-state index < -0.39 is 0 Å². The Morgan fingerprint density at radius 2 is 1.69 bits per heavy atom. The lowest BCUT2D eigenvalue weighted by Gasteiger charge is -2.36. The molecule has 5 rings (SSSR count). The summed E-state index contributed by atoms with van der Waals surface area (Å²) >= 11 is 0. The average molecular weight is 435 g/mol. The summed E-state index contributed by atoms with van der Waals surface area (Å²) in [5, 5.41) is 8.56. The topological polar surface area (TPSA) is 87.5 Å². The van der Waals surface area contributed by atoms with Crippen molar-refractivity contribution in [2.24, 2.45) is 5.92 Å². The van der Waals surface area contributed by atoms with Crippen LogP contribution in [-0.2, 0) is 9.59 Å². The maximum absolute atomic E-state index is 13.2. The quantitative estimate of drug-likeness (QED) is 0.617. The molecule has 32 heavy (non-hydrogen) atoms. The molecule has 10 heteroatoms. The normalized spacial score (nSPS) is 19.0. The Kier molecular flexibility index (Phi) is 5.26. The molecule has 2 aliphatic heterocycles.